The average molecular weight is 189 g/mol. The van der Waals surface area contributed by atoms with Crippen LogP contribution in [0.1, 0.15) is 26.7 Å². The van der Waals surface area contributed by atoms with E-state index < -0.39 is 0 Å². The van der Waals surface area contributed by atoms with Crippen molar-refractivity contribution in [3.8, 4) is 0 Å². The van der Waals surface area contributed by atoms with Gasteiger partial charge in [0, 0.05) is 12.6 Å². The van der Waals surface area contributed by atoms with Gasteiger partial charge in [0.25, 0.3) is 0 Å². The monoisotopic (exact) mass is 189 g/mol. The molecule has 3 unspecified atom stereocenters. The number of rotatable bonds is 3. The van der Waals surface area contributed by atoms with Crippen molar-refractivity contribution < 1.29 is 9.50 Å². The minimum absolute atomic E-state index is 0.166. The number of nitrogens with zero attached hydrogens (tertiary/aromatic N) is 1. The summed E-state index contributed by atoms with van der Waals surface area (Å²) in [6.07, 6.45) is 1.79. The molecule has 0 aliphatic carbocycles. The molecule has 2 nitrogen and oxygen atoms in total. The zero-order valence-corrected chi connectivity index (χ0v) is 8.54. The normalized spacial score (nSPS) is 33.2. The fraction of sp³-hybridized carbons (Fsp3) is 1.00. The standard InChI is InChI=1S/C10H20FNO/c1-8-3-5-12(6-4-11)10(7-8)9(2)13/h8-10,13H,3-7H2,1-2H3. The van der Waals surface area contributed by atoms with Gasteiger partial charge < -0.3 is 5.11 Å². The minimum atomic E-state index is -0.339. The van der Waals surface area contributed by atoms with Gasteiger partial charge >= 0.3 is 0 Å². The molecule has 78 valence electrons. The van der Waals surface area contributed by atoms with Crippen LogP contribution in [-0.4, -0.2) is 41.9 Å². The molecular weight excluding hydrogens is 169 g/mol. The van der Waals surface area contributed by atoms with Crippen LogP contribution in [-0.2, 0) is 0 Å². The summed E-state index contributed by atoms with van der Waals surface area (Å²) in [5, 5.41) is 9.53. The van der Waals surface area contributed by atoms with Crippen LogP contribution < -0.4 is 0 Å². The van der Waals surface area contributed by atoms with E-state index in [1.807, 2.05) is 0 Å². The summed E-state index contributed by atoms with van der Waals surface area (Å²) in [5.41, 5.74) is 0. The first-order chi connectivity index (χ1) is 6.15. The number of likely N-dealkylation sites (tertiary alicyclic amines) is 1. The predicted molar refractivity (Wildman–Crippen MR) is 51.4 cm³/mol. The zero-order chi connectivity index (χ0) is 9.84. The number of hydrogen-bond acceptors (Lipinski definition) is 2. The predicted octanol–water partition coefficient (Wildman–Crippen LogP) is 1.44. The average Bonchev–Trinajstić information content (AvgIpc) is 2.08. The van der Waals surface area contributed by atoms with E-state index in [0.717, 1.165) is 19.4 Å². The highest BCUT2D eigenvalue weighted by Crippen LogP contribution is 2.24. The van der Waals surface area contributed by atoms with Crippen LogP contribution in [0.5, 0.6) is 0 Å². The Hall–Kier alpha value is -0.150. The molecule has 0 bridgehead atoms. The highest BCUT2D eigenvalue weighted by molar-refractivity contribution is 4.83. The number of piperidine rings is 1. The summed E-state index contributed by atoms with van der Waals surface area (Å²) in [6, 6.07) is 0.166. The van der Waals surface area contributed by atoms with Gasteiger partial charge in [-0.05, 0) is 32.2 Å². The Kier molecular flexibility index (Phi) is 4.13. The molecule has 0 amide bonds. The van der Waals surface area contributed by atoms with Gasteiger partial charge in [-0.1, -0.05) is 6.92 Å². The summed E-state index contributed by atoms with van der Waals surface area (Å²) in [6.45, 7) is 5.09. The van der Waals surface area contributed by atoms with Gasteiger partial charge in [0.1, 0.15) is 6.67 Å². The van der Waals surface area contributed by atoms with E-state index in [4.69, 9.17) is 0 Å². The largest absolute Gasteiger partial charge is 0.392 e. The lowest BCUT2D eigenvalue weighted by atomic mass is 9.90. The number of hydrogen-bond donors (Lipinski definition) is 1. The lowest BCUT2D eigenvalue weighted by molar-refractivity contribution is 0.0183. The molecule has 1 aliphatic rings. The van der Waals surface area contributed by atoms with Crippen molar-refractivity contribution >= 4 is 0 Å². The SMILES string of the molecule is CC1CCN(CCF)C(C(C)O)C1. The van der Waals surface area contributed by atoms with Crippen molar-refractivity contribution in [1.29, 1.82) is 0 Å². The van der Waals surface area contributed by atoms with Gasteiger partial charge in [0.2, 0.25) is 0 Å². The van der Waals surface area contributed by atoms with Crippen LogP contribution in [0.3, 0.4) is 0 Å². The second-order valence-electron chi connectivity index (χ2n) is 4.16. The van der Waals surface area contributed by atoms with Gasteiger partial charge in [-0.3, -0.25) is 4.90 Å². The first-order valence-corrected chi connectivity index (χ1v) is 5.13. The molecule has 0 aromatic rings. The molecule has 0 radical (unpaired) electrons. The maximum absolute atomic E-state index is 12.2. The topological polar surface area (TPSA) is 23.5 Å². The quantitative estimate of drug-likeness (QED) is 0.726. The van der Waals surface area contributed by atoms with Crippen molar-refractivity contribution in [2.75, 3.05) is 19.8 Å². The summed E-state index contributed by atoms with van der Waals surface area (Å²) in [7, 11) is 0. The third kappa shape index (κ3) is 2.92. The summed E-state index contributed by atoms with van der Waals surface area (Å²) in [5.74, 6) is 0.662. The van der Waals surface area contributed by atoms with Gasteiger partial charge in [0.05, 0.1) is 6.10 Å². The zero-order valence-electron chi connectivity index (χ0n) is 8.54. The van der Waals surface area contributed by atoms with Crippen molar-refractivity contribution in [1.82, 2.24) is 4.90 Å². The third-order valence-corrected chi connectivity index (χ3v) is 2.95. The second-order valence-corrected chi connectivity index (χ2v) is 4.16. The molecule has 0 aromatic carbocycles. The Balaban J connectivity index is 2.50. The number of aliphatic hydroxyl groups excluding tert-OH is 1. The van der Waals surface area contributed by atoms with Crippen LogP contribution in [0.15, 0.2) is 0 Å². The van der Waals surface area contributed by atoms with E-state index in [0.29, 0.717) is 12.5 Å². The molecule has 3 heteroatoms. The van der Waals surface area contributed by atoms with Gasteiger partial charge in [-0.2, -0.15) is 0 Å². The summed E-state index contributed by atoms with van der Waals surface area (Å²) < 4.78 is 12.2. The van der Waals surface area contributed by atoms with E-state index in [-0.39, 0.29) is 18.8 Å². The molecule has 0 spiro atoms. The van der Waals surface area contributed by atoms with Gasteiger partial charge in [-0.25, -0.2) is 4.39 Å². The molecule has 0 aromatic heterocycles. The van der Waals surface area contributed by atoms with E-state index in [1.165, 1.54) is 0 Å². The van der Waals surface area contributed by atoms with Gasteiger partial charge in [0.15, 0.2) is 0 Å². The lowest BCUT2D eigenvalue weighted by Gasteiger charge is -2.39. The van der Waals surface area contributed by atoms with Gasteiger partial charge in [-0.15, -0.1) is 0 Å². The summed E-state index contributed by atoms with van der Waals surface area (Å²) >= 11 is 0. The maximum Gasteiger partial charge on any atom is 0.102 e. The van der Waals surface area contributed by atoms with Crippen molar-refractivity contribution in [2.45, 2.75) is 38.8 Å². The highest BCUT2D eigenvalue weighted by Gasteiger charge is 2.28. The van der Waals surface area contributed by atoms with Crippen LogP contribution in [0.2, 0.25) is 0 Å². The molecular formula is C10H20FNO. The number of aliphatic hydroxyl groups is 1. The number of halogens is 1. The lowest BCUT2D eigenvalue weighted by Crippen LogP contribution is -2.48. The van der Waals surface area contributed by atoms with E-state index >= 15 is 0 Å². The Morgan fingerprint density at radius 3 is 2.85 bits per heavy atom. The molecule has 1 heterocycles. The molecule has 1 saturated heterocycles. The highest BCUT2D eigenvalue weighted by atomic mass is 19.1. The molecule has 1 aliphatic heterocycles. The molecule has 3 atom stereocenters. The first kappa shape index (κ1) is 10.9. The van der Waals surface area contributed by atoms with Crippen LogP contribution in [0, 0.1) is 5.92 Å². The van der Waals surface area contributed by atoms with E-state index in [1.54, 1.807) is 6.92 Å². The maximum atomic E-state index is 12.2. The smallest absolute Gasteiger partial charge is 0.102 e. The molecule has 13 heavy (non-hydrogen) atoms. The Morgan fingerprint density at radius 1 is 1.62 bits per heavy atom. The molecule has 1 fully saturated rings. The van der Waals surface area contributed by atoms with Crippen molar-refractivity contribution in [2.24, 2.45) is 5.92 Å². The molecule has 0 saturated carbocycles. The van der Waals surface area contributed by atoms with Crippen LogP contribution in [0.25, 0.3) is 0 Å². The van der Waals surface area contributed by atoms with Crippen LogP contribution >= 0.6 is 0 Å². The Morgan fingerprint density at radius 2 is 2.31 bits per heavy atom. The first-order valence-electron chi connectivity index (χ1n) is 5.13. The number of alkyl halides is 1. The second kappa shape index (κ2) is 4.91. The summed E-state index contributed by atoms with van der Waals surface area (Å²) in [4.78, 5) is 2.07. The fourth-order valence-corrected chi connectivity index (χ4v) is 2.12. The molecule has 1 rings (SSSR count). The van der Waals surface area contributed by atoms with Crippen molar-refractivity contribution in [3.63, 3.8) is 0 Å². The van der Waals surface area contributed by atoms with Crippen LogP contribution in [0.4, 0.5) is 4.39 Å². The Bertz CT molecular complexity index is 152. The Labute approximate surface area is 79.7 Å². The van der Waals surface area contributed by atoms with Crippen molar-refractivity contribution in [3.05, 3.63) is 0 Å². The third-order valence-electron chi connectivity index (χ3n) is 2.95. The minimum Gasteiger partial charge on any atom is -0.392 e. The molecule has 1 N–H and O–H groups in total. The van der Waals surface area contributed by atoms with E-state index in [2.05, 4.69) is 11.8 Å². The fourth-order valence-electron chi connectivity index (χ4n) is 2.12. The van der Waals surface area contributed by atoms with E-state index in [9.17, 15) is 9.50 Å².